The first-order valence-corrected chi connectivity index (χ1v) is 23.8. The van der Waals surface area contributed by atoms with Crippen molar-refractivity contribution < 1.29 is 38.2 Å². The zero-order valence-corrected chi connectivity index (χ0v) is 38.7. The van der Waals surface area contributed by atoms with Gasteiger partial charge in [-0.1, -0.05) is 177 Å². The van der Waals surface area contributed by atoms with Gasteiger partial charge in [-0.25, -0.2) is 0 Å². The fourth-order valence-corrected chi connectivity index (χ4v) is 6.74. The number of rotatable bonds is 42. The molecule has 0 N–H and O–H groups in total. The number of esters is 2. The molecule has 8 nitrogen and oxygen atoms in total. The predicted octanol–water partition coefficient (Wildman–Crippen LogP) is 12.0. The van der Waals surface area contributed by atoms with Crippen LogP contribution < -0.4 is 5.11 Å². The Morgan fingerprint density at radius 2 is 0.949 bits per heavy atom. The van der Waals surface area contributed by atoms with Crippen LogP contribution in [0.3, 0.4) is 0 Å². The first-order chi connectivity index (χ1) is 28.6. The highest BCUT2D eigenvalue weighted by molar-refractivity contribution is 5.70. The average Bonchev–Trinajstić information content (AvgIpc) is 3.19. The van der Waals surface area contributed by atoms with E-state index >= 15 is 0 Å². The summed E-state index contributed by atoms with van der Waals surface area (Å²) in [6.07, 6.45) is 51.0. The van der Waals surface area contributed by atoms with Gasteiger partial charge in [-0.05, 0) is 57.8 Å². The lowest BCUT2D eigenvalue weighted by Gasteiger charge is -2.34. The van der Waals surface area contributed by atoms with Gasteiger partial charge in [-0.3, -0.25) is 9.59 Å². The van der Waals surface area contributed by atoms with Gasteiger partial charge in [0.2, 0.25) is 0 Å². The third-order valence-electron chi connectivity index (χ3n) is 10.4. The van der Waals surface area contributed by atoms with E-state index in [-0.39, 0.29) is 42.7 Å². The zero-order chi connectivity index (χ0) is 43.5. The number of allylic oxidation sites excluding steroid dienone is 10. The summed E-state index contributed by atoms with van der Waals surface area (Å²) in [6.45, 7) is 4.52. The maximum absolute atomic E-state index is 12.7. The lowest BCUT2D eigenvalue weighted by Crippen LogP contribution is -2.55. The number of nitrogens with zero attached hydrogens (tertiary/aromatic N) is 1. The molecule has 0 spiro atoms. The Labute approximate surface area is 362 Å². The number of carboxylic acid groups (broad SMARTS) is 1. The third-order valence-corrected chi connectivity index (χ3v) is 10.4. The Balaban J connectivity index is 4.36. The van der Waals surface area contributed by atoms with Crippen molar-refractivity contribution in [2.24, 2.45) is 0 Å². The fraction of sp³-hybridized carbons (Fsp3) is 0.745. The molecule has 0 aromatic heterocycles. The SMILES string of the molecule is CC/C=C/C/C=C/C/C=C/C/C=C/C/C=C/CCCCCC(=O)OCC(COCCC(C(=O)[O-])[N+](C)(C)C)OC(=O)CCCCCCCCCCCCCCCCCC. The molecule has 0 bridgehead atoms. The van der Waals surface area contributed by atoms with Gasteiger partial charge in [-0.2, -0.15) is 0 Å². The Morgan fingerprint density at radius 1 is 0.525 bits per heavy atom. The van der Waals surface area contributed by atoms with Crippen molar-refractivity contribution in [2.75, 3.05) is 41.0 Å². The normalized spacial score (nSPS) is 13.4. The lowest BCUT2D eigenvalue weighted by atomic mass is 10.0. The molecule has 0 aliphatic carbocycles. The summed E-state index contributed by atoms with van der Waals surface area (Å²) < 4.78 is 17.2. The zero-order valence-electron chi connectivity index (χ0n) is 38.7. The molecule has 0 fully saturated rings. The molecule has 8 heteroatoms. The van der Waals surface area contributed by atoms with Crippen LogP contribution in [0.25, 0.3) is 0 Å². The van der Waals surface area contributed by atoms with Gasteiger partial charge >= 0.3 is 11.9 Å². The van der Waals surface area contributed by atoms with Crippen LogP contribution in [0.15, 0.2) is 60.8 Å². The highest BCUT2D eigenvalue weighted by atomic mass is 16.6. The Hall–Kier alpha value is -2.97. The lowest BCUT2D eigenvalue weighted by molar-refractivity contribution is -0.889. The van der Waals surface area contributed by atoms with Crippen LogP contribution in [0.2, 0.25) is 0 Å². The maximum Gasteiger partial charge on any atom is 0.306 e. The monoisotopic (exact) mass is 828 g/mol. The Bertz CT molecular complexity index is 1150. The first-order valence-electron chi connectivity index (χ1n) is 23.8. The van der Waals surface area contributed by atoms with E-state index in [4.69, 9.17) is 14.2 Å². The van der Waals surface area contributed by atoms with E-state index in [1.165, 1.54) is 83.5 Å². The topological polar surface area (TPSA) is 102 Å². The molecule has 2 unspecified atom stereocenters. The number of carboxylic acids is 1. The number of unbranched alkanes of at least 4 members (excludes halogenated alkanes) is 18. The van der Waals surface area contributed by atoms with Gasteiger partial charge in [0.15, 0.2) is 6.10 Å². The number of hydrogen-bond donors (Lipinski definition) is 0. The summed E-state index contributed by atoms with van der Waals surface area (Å²) in [5, 5.41) is 11.6. The van der Waals surface area contributed by atoms with E-state index in [0.29, 0.717) is 12.8 Å². The second kappa shape index (κ2) is 41.8. The van der Waals surface area contributed by atoms with Crippen molar-refractivity contribution in [1.29, 1.82) is 0 Å². The van der Waals surface area contributed by atoms with Gasteiger partial charge < -0.3 is 28.6 Å². The van der Waals surface area contributed by atoms with E-state index in [9.17, 15) is 19.5 Å². The molecule has 0 rings (SSSR count). The molecule has 2 atom stereocenters. The minimum absolute atomic E-state index is 0.0299. The molecule has 0 amide bonds. The van der Waals surface area contributed by atoms with Crippen LogP contribution in [0.1, 0.15) is 194 Å². The van der Waals surface area contributed by atoms with Gasteiger partial charge in [-0.15, -0.1) is 0 Å². The summed E-state index contributed by atoms with van der Waals surface area (Å²) in [4.78, 5) is 36.9. The van der Waals surface area contributed by atoms with Crippen molar-refractivity contribution in [3.05, 3.63) is 60.8 Å². The van der Waals surface area contributed by atoms with Crippen LogP contribution in [0, 0.1) is 0 Å². The molecule has 0 aliphatic heterocycles. The molecule has 0 aromatic rings. The Morgan fingerprint density at radius 3 is 1.41 bits per heavy atom. The molecular weight excluding hydrogens is 739 g/mol. The summed E-state index contributed by atoms with van der Waals surface area (Å²) in [5.41, 5.74) is 0. The van der Waals surface area contributed by atoms with E-state index in [0.717, 1.165) is 77.0 Å². The molecule has 0 aliphatic rings. The second-order valence-corrected chi connectivity index (χ2v) is 17.0. The van der Waals surface area contributed by atoms with E-state index < -0.39 is 18.1 Å². The number of likely N-dealkylation sites (N-methyl/N-ethyl adjacent to an activating group) is 1. The number of carbonyl (C=O) groups excluding carboxylic acids is 3. The highest BCUT2D eigenvalue weighted by Gasteiger charge is 2.25. The molecule has 0 radical (unpaired) electrons. The van der Waals surface area contributed by atoms with Crippen molar-refractivity contribution >= 4 is 17.9 Å². The smallest absolute Gasteiger partial charge is 0.306 e. The van der Waals surface area contributed by atoms with E-state index in [2.05, 4.69) is 74.6 Å². The average molecular weight is 828 g/mol. The van der Waals surface area contributed by atoms with Crippen LogP contribution >= 0.6 is 0 Å². The number of quaternary nitrogens is 1. The minimum Gasteiger partial charge on any atom is -0.544 e. The van der Waals surface area contributed by atoms with Crippen molar-refractivity contribution in [1.82, 2.24) is 0 Å². The Kier molecular flexibility index (Phi) is 39.6. The van der Waals surface area contributed by atoms with Crippen molar-refractivity contribution in [3.8, 4) is 0 Å². The first kappa shape index (κ1) is 56.0. The summed E-state index contributed by atoms with van der Waals surface area (Å²) in [7, 11) is 5.40. The molecule has 0 saturated heterocycles. The van der Waals surface area contributed by atoms with Crippen LogP contribution in [0.4, 0.5) is 0 Å². The van der Waals surface area contributed by atoms with E-state index in [1.54, 1.807) is 21.1 Å². The van der Waals surface area contributed by atoms with Gasteiger partial charge in [0.1, 0.15) is 12.6 Å². The van der Waals surface area contributed by atoms with Crippen LogP contribution in [-0.2, 0) is 28.6 Å². The van der Waals surface area contributed by atoms with Gasteiger partial charge in [0, 0.05) is 19.3 Å². The number of ether oxygens (including phenoxy) is 3. The number of aliphatic carboxylic acids is 1. The minimum atomic E-state index is -1.13. The molecule has 0 saturated carbocycles. The predicted molar refractivity (Wildman–Crippen MR) is 245 cm³/mol. The molecule has 0 heterocycles. The molecule has 340 valence electrons. The van der Waals surface area contributed by atoms with Crippen molar-refractivity contribution in [3.63, 3.8) is 0 Å². The quantitative estimate of drug-likeness (QED) is 0.0261. The summed E-state index contributed by atoms with van der Waals surface area (Å²) in [6, 6.07) is -0.732. The number of carbonyl (C=O) groups is 3. The van der Waals surface area contributed by atoms with Crippen molar-refractivity contribution in [2.45, 2.75) is 206 Å². The maximum atomic E-state index is 12.7. The largest absolute Gasteiger partial charge is 0.544 e. The molecular formula is C51H89NO7. The third kappa shape index (κ3) is 40.2. The fourth-order valence-electron chi connectivity index (χ4n) is 6.74. The van der Waals surface area contributed by atoms with Gasteiger partial charge in [0.25, 0.3) is 0 Å². The number of hydrogen-bond acceptors (Lipinski definition) is 7. The highest BCUT2D eigenvalue weighted by Crippen LogP contribution is 2.15. The van der Waals surface area contributed by atoms with Crippen LogP contribution in [-0.4, -0.2) is 75.5 Å². The second-order valence-electron chi connectivity index (χ2n) is 17.0. The van der Waals surface area contributed by atoms with E-state index in [1.807, 2.05) is 0 Å². The summed E-state index contributed by atoms with van der Waals surface area (Å²) >= 11 is 0. The standard InChI is InChI=1S/C51H89NO7/c1-6-8-10-12-14-16-18-20-22-24-25-26-28-29-31-33-35-37-39-41-49(53)58-46-47(45-57-44-43-48(51(55)56)52(3,4)5)59-50(54)42-40-38-36-34-32-30-27-23-21-19-17-15-13-11-9-7-2/h8,10,14,16,20,22,25-26,29,31,47-48H,6-7,9,11-13,15,17-19,21,23-24,27-28,30,32-46H2,1-5H3/b10-8+,16-14+,22-20+,26-25+,31-29+. The summed E-state index contributed by atoms with van der Waals surface area (Å²) in [5.74, 6) is -1.77. The molecule has 59 heavy (non-hydrogen) atoms. The van der Waals surface area contributed by atoms with Gasteiger partial charge in [0.05, 0.1) is 40.3 Å². The van der Waals surface area contributed by atoms with Crippen LogP contribution in [0.5, 0.6) is 0 Å². The molecule has 0 aromatic carbocycles.